The van der Waals surface area contributed by atoms with E-state index in [0.29, 0.717) is 11.8 Å². The van der Waals surface area contributed by atoms with E-state index < -0.39 is 0 Å². The van der Waals surface area contributed by atoms with Crippen LogP contribution in [0.5, 0.6) is 0 Å². The SMILES string of the molecule is COC(c1ncc2c(n1)CCC(CN)C2)C1CC1. The second kappa shape index (κ2) is 4.94. The van der Waals surface area contributed by atoms with Crippen molar-refractivity contribution in [1.29, 1.82) is 0 Å². The molecule has 4 heteroatoms. The lowest BCUT2D eigenvalue weighted by Gasteiger charge is -2.23. The quantitative estimate of drug-likeness (QED) is 0.878. The van der Waals surface area contributed by atoms with Crippen molar-refractivity contribution in [2.24, 2.45) is 17.6 Å². The molecule has 0 aromatic carbocycles. The van der Waals surface area contributed by atoms with Crippen molar-refractivity contribution in [1.82, 2.24) is 9.97 Å². The first-order valence-electron chi connectivity index (χ1n) is 6.89. The lowest BCUT2D eigenvalue weighted by atomic mass is 9.87. The molecule has 0 saturated heterocycles. The third kappa shape index (κ3) is 2.27. The lowest BCUT2D eigenvalue weighted by Crippen LogP contribution is -2.24. The highest BCUT2D eigenvalue weighted by molar-refractivity contribution is 5.22. The molecule has 1 fully saturated rings. The Morgan fingerprint density at radius 3 is 2.94 bits per heavy atom. The summed E-state index contributed by atoms with van der Waals surface area (Å²) in [5.41, 5.74) is 8.25. The van der Waals surface area contributed by atoms with E-state index in [0.717, 1.165) is 31.6 Å². The fraction of sp³-hybridized carbons (Fsp3) is 0.714. The number of fused-ring (bicyclic) bond motifs is 1. The van der Waals surface area contributed by atoms with Crippen molar-refractivity contribution in [2.45, 2.75) is 38.2 Å². The Hall–Kier alpha value is -1.00. The highest BCUT2D eigenvalue weighted by Crippen LogP contribution is 2.42. The number of hydrogen-bond acceptors (Lipinski definition) is 4. The van der Waals surface area contributed by atoms with Crippen LogP contribution in [-0.4, -0.2) is 23.6 Å². The van der Waals surface area contributed by atoms with E-state index in [9.17, 15) is 0 Å². The van der Waals surface area contributed by atoms with E-state index in [4.69, 9.17) is 15.5 Å². The smallest absolute Gasteiger partial charge is 0.157 e. The Kier molecular flexibility index (Phi) is 3.31. The number of methoxy groups -OCH3 is 1. The first-order chi connectivity index (χ1) is 8.81. The molecule has 0 aliphatic heterocycles. The van der Waals surface area contributed by atoms with Crippen LogP contribution in [0.25, 0.3) is 0 Å². The van der Waals surface area contributed by atoms with Crippen molar-refractivity contribution >= 4 is 0 Å². The maximum Gasteiger partial charge on any atom is 0.157 e. The second-order valence-electron chi connectivity index (χ2n) is 5.54. The summed E-state index contributed by atoms with van der Waals surface area (Å²) in [7, 11) is 1.76. The standard InChI is InChI=1S/C14H21N3O/c1-18-13(10-3-4-10)14-16-8-11-6-9(7-15)2-5-12(11)17-14/h8-10,13H,2-7,15H2,1H3. The molecule has 0 radical (unpaired) electrons. The Morgan fingerprint density at radius 1 is 1.44 bits per heavy atom. The maximum absolute atomic E-state index is 5.75. The van der Waals surface area contributed by atoms with Gasteiger partial charge in [-0.25, -0.2) is 9.97 Å². The highest BCUT2D eigenvalue weighted by atomic mass is 16.5. The molecule has 1 aromatic heterocycles. The van der Waals surface area contributed by atoms with Gasteiger partial charge in [-0.3, -0.25) is 0 Å². The number of nitrogens with zero attached hydrogens (tertiary/aromatic N) is 2. The van der Waals surface area contributed by atoms with Crippen LogP contribution in [0.1, 0.15) is 42.4 Å². The number of rotatable bonds is 4. The van der Waals surface area contributed by atoms with Gasteiger partial charge in [-0.1, -0.05) is 0 Å². The molecular weight excluding hydrogens is 226 g/mol. The largest absolute Gasteiger partial charge is 0.373 e. The van der Waals surface area contributed by atoms with Gasteiger partial charge in [0.2, 0.25) is 0 Å². The van der Waals surface area contributed by atoms with E-state index >= 15 is 0 Å². The zero-order chi connectivity index (χ0) is 12.5. The summed E-state index contributed by atoms with van der Waals surface area (Å²) in [6.45, 7) is 0.768. The van der Waals surface area contributed by atoms with Gasteiger partial charge in [0.15, 0.2) is 5.82 Å². The summed E-state index contributed by atoms with van der Waals surface area (Å²) in [5.74, 6) is 2.12. The molecule has 0 spiro atoms. The zero-order valence-corrected chi connectivity index (χ0v) is 10.9. The Bertz CT molecular complexity index is 431. The van der Waals surface area contributed by atoms with Gasteiger partial charge in [-0.05, 0) is 56.0 Å². The number of ether oxygens (including phenoxy) is 1. The lowest BCUT2D eigenvalue weighted by molar-refractivity contribution is 0.0768. The Balaban J connectivity index is 1.82. The average Bonchev–Trinajstić information content (AvgIpc) is 3.23. The van der Waals surface area contributed by atoms with Gasteiger partial charge in [-0.2, -0.15) is 0 Å². The van der Waals surface area contributed by atoms with E-state index in [1.165, 1.54) is 24.1 Å². The second-order valence-corrected chi connectivity index (χ2v) is 5.54. The summed E-state index contributed by atoms with van der Waals surface area (Å²) < 4.78 is 5.55. The van der Waals surface area contributed by atoms with Gasteiger partial charge in [0.25, 0.3) is 0 Å². The van der Waals surface area contributed by atoms with Crippen LogP contribution >= 0.6 is 0 Å². The van der Waals surface area contributed by atoms with E-state index in [-0.39, 0.29) is 6.10 Å². The number of hydrogen-bond donors (Lipinski definition) is 1. The van der Waals surface area contributed by atoms with Gasteiger partial charge in [0.05, 0.1) is 0 Å². The molecule has 2 unspecified atom stereocenters. The number of aromatic nitrogens is 2. The molecule has 2 aliphatic carbocycles. The molecule has 4 nitrogen and oxygen atoms in total. The molecule has 0 amide bonds. The summed E-state index contributed by atoms with van der Waals surface area (Å²) >= 11 is 0. The molecule has 2 N–H and O–H groups in total. The van der Waals surface area contributed by atoms with Gasteiger partial charge in [0, 0.05) is 19.0 Å². The zero-order valence-electron chi connectivity index (χ0n) is 10.9. The number of nitrogens with two attached hydrogens (primary N) is 1. The summed E-state index contributed by atoms with van der Waals surface area (Å²) in [6, 6.07) is 0. The van der Waals surface area contributed by atoms with Gasteiger partial charge in [-0.15, -0.1) is 0 Å². The van der Waals surface area contributed by atoms with Crippen LogP contribution in [-0.2, 0) is 17.6 Å². The van der Waals surface area contributed by atoms with Crippen molar-refractivity contribution in [3.63, 3.8) is 0 Å². The van der Waals surface area contributed by atoms with E-state index in [2.05, 4.69) is 4.98 Å². The predicted octanol–water partition coefficient (Wildman–Crippen LogP) is 1.64. The molecule has 18 heavy (non-hydrogen) atoms. The minimum Gasteiger partial charge on any atom is -0.373 e. The molecule has 3 rings (SSSR count). The van der Waals surface area contributed by atoms with E-state index in [1.807, 2.05) is 6.20 Å². The van der Waals surface area contributed by atoms with Gasteiger partial charge < -0.3 is 10.5 Å². The number of aryl methyl sites for hydroxylation is 1. The predicted molar refractivity (Wildman–Crippen MR) is 69.1 cm³/mol. The highest BCUT2D eigenvalue weighted by Gasteiger charge is 2.34. The molecule has 98 valence electrons. The van der Waals surface area contributed by atoms with Crippen molar-refractivity contribution in [3.05, 3.63) is 23.3 Å². The van der Waals surface area contributed by atoms with Gasteiger partial charge in [0.1, 0.15) is 6.10 Å². The molecule has 0 bridgehead atoms. The topological polar surface area (TPSA) is 61.0 Å². The van der Waals surface area contributed by atoms with Crippen LogP contribution in [0.15, 0.2) is 6.20 Å². The molecular formula is C14H21N3O. The minimum atomic E-state index is 0.0996. The van der Waals surface area contributed by atoms with Crippen molar-refractivity contribution in [3.8, 4) is 0 Å². The van der Waals surface area contributed by atoms with Crippen LogP contribution in [0.4, 0.5) is 0 Å². The first-order valence-corrected chi connectivity index (χ1v) is 6.89. The van der Waals surface area contributed by atoms with Crippen LogP contribution < -0.4 is 5.73 Å². The minimum absolute atomic E-state index is 0.0996. The average molecular weight is 247 g/mol. The summed E-state index contributed by atoms with van der Waals surface area (Å²) in [6.07, 6.45) is 7.81. The third-order valence-electron chi connectivity index (χ3n) is 4.16. The van der Waals surface area contributed by atoms with Crippen molar-refractivity contribution in [2.75, 3.05) is 13.7 Å². The molecule has 1 saturated carbocycles. The van der Waals surface area contributed by atoms with E-state index in [1.54, 1.807) is 7.11 Å². The fourth-order valence-electron chi connectivity index (χ4n) is 2.84. The molecule has 2 atom stereocenters. The fourth-order valence-corrected chi connectivity index (χ4v) is 2.84. The van der Waals surface area contributed by atoms with Crippen LogP contribution in [0.2, 0.25) is 0 Å². The van der Waals surface area contributed by atoms with Crippen LogP contribution in [0.3, 0.4) is 0 Å². The van der Waals surface area contributed by atoms with Gasteiger partial charge >= 0.3 is 0 Å². The Labute approximate surface area is 108 Å². The Morgan fingerprint density at radius 2 is 2.28 bits per heavy atom. The monoisotopic (exact) mass is 247 g/mol. The van der Waals surface area contributed by atoms with Crippen molar-refractivity contribution < 1.29 is 4.74 Å². The first kappa shape index (κ1) is 12.1. The molecule has 1 aromatic rings. The summed E-state index contributed by atoms with van der Waals surface area (Å²) in [4.78, 5) is 9.25. The summed E-state index contributed by atoms with van der Waals surface area (Å²) in [5, 5.41) is 0. The third-order valence-corrected chi connectivity index (χ3v) is 4.16. The van der Waals surface area contributed by atoms with Crippen LogP contribution in [0, 0.1) is 11.8 Å². The maximum atomic E-state index is 5.75. The molecule has 1 heterocycles. The normalized spacial score (nSPS) is 24.7. The molecule has 2 aliphatic rings.